The topological polar surface area (TPSA) is 23.6 Å². The first-order valence-electron chi connectivity index (χ1n) is 8.11. The SMILES string of the molecule is CC(C)N(C(=O)CN1CCCC1c1ccccc1)C(C)C. The molecule has 0 bridgehead atoms. The molecule has 3 heteroatoms. The Hall–Kier alpha value is -1.35. The Morgan fingerprint density at radius 3 is 2.38 bits per heavy atom. The number of amides is 1. The van der Waals surface area contributed by atoms with Gasteiger partial charge in [0.1, 0.15) is 0 Å². The molecular formula is C18H28N2O. The van der Waals surface area contributed by atoms with Gasteiger partial charge in [0, 0.05) is 18.1 Å². The predicted molar refractivity (Wildman–Crippen MR) is 87.1 cm³/mol. The third-order valence-corrected chi connectivity index (χ3v) is 4.29. The summed E-state index contributed by atoms with van der Waals surface area (Å²) >= 11 is 0. The van der Waals surface area contributed by atoms with Gasteiger partial charge in [-0.3, -0.25) is 9.69 Å². The lowest BCUT2D eigenvalue weighted by molar-refractivity contribution is -0.136. The average molecular weight is 288 g/mol. The first kappa shape index (κ1) is 16.0. The lowest BCUT2D eigenvalue weighted by Gasteiger charge is -2.33. The summed E-state index contributed by atoms with van der Waals surface area (Å²) in [5.41, 5.74) is 1.34. The fourth-order valence-electron chi connectivity index (χ4n) is 3.50. The Labute approximate surface area is 128 Å². The number of carbonyl (C=O) groups excluding carboxylic acids is 1. The van der Waals surface area contributed by atoms with Gasteiger partial charge in [-0.1, -0.05) is 30.3 Å². The zero-order chi connectivity index (χ0) is 15.4. The van der Waals surface area contributed by atoms with Crippen LogP contribution in [0.15, 0.2) is 30.3 Å². The maximum atomic E-state index is 12.6. The van der Waals surface area contributed by atoms with Gasteiger partial charge in [-0.05, 0) is 52.6 Å². The summed E-state index contributed by atoms with van der Waals surface area (Å²) in [4.78, 5) is 17.0. The van der Waals surface area contributed by atoms with Crippen molar-refractivity contribution in [2.75, 3.05) is 13.1 Å². The normalized spacial score (nSPS) is 19.4. The molecule has 1 aromatic carbocycles. The van der Waals surface area contributed by atoms with Crippen LogP contribution in [-0.4, -0.2) is 40.9 Å². The minimum atomic E-state index is 0.253. The molecule has 1 atom stereocenters. The third-order valence-electron chi connectivity index (χ3n) is 4.29. The molecule has 0 spiro atoms. The number of hydrogen-bond acceptors (Lipinski definition) is 2. The Balaban J connectivity index is 2.06. The summed E-state index contributed by atoms with van der Waals surface area (Å²) in [5.74, 6) is 0.253. The van der Waals surface area contributed by atoms with Crippen LogP contribution in [0.5, 0.6) is 0 Å². The molecule has 1 heterocycles. The smallest absolute Gasteiger partial charge is 0.237 e. The van der Waals surface area contributed by atoms with Gasteiger partial charge in [0.25, 0.3) is 0 Å². The summed E-state index contributed by atoms with van der Waals surface area (Å²) in [7, 11) is 0. The molecule has 1 fully saturated rings. The zero-order valence-electron chi connectivity index (χ0n) is 13.7. The first-order valence-corrected chi connectivity index (χ1v) is 8.11. The van der Waals surface area contributed by atoms with Crippen molar-refractivity contribution in [1.29, 1.82) is 0 Å². The van der Waals surface area contributed by atoms with Crippen LogP contribution < -0.4 is 0 Å². The first-order chi connectivity index (χ1) is 10.0. The van der Waals surface area contributed by atoms with Crippen molar-refractivity contribution >= 4 is 5.91 Å². The highest BCUT2D eigenvalue weighted by Gasteiger charge is 2.30. The van der Waals surface area contributed by atoms with Gasteiger partial charge >= 0.3 is 0 Å². The molecule has 21 heavy (non-hydrogen) atoms. The molecule has 0 N–H and O–H groups in total. The quantitative estimate of drug-likeness (QED) is 0.828. The van der Waals surface area contributed by atoms with Crippen LogP contribution in [0.1, 0.15) is 52.1 Å². The van der Waals surface area contributed by atoms with E-state index in [9.17, 15) is 4.79 Å². The number of nitrogens with zero attached hydrogens (tertiary/aromatic N) is 2. The highest BCUT2D eigenvalue weighted by molar-refractivity contribution is 5.79. The van der Waals surface area contributed by atoms with Crippen molar-refractivity contribution < 1.29 is 4.79 Å². The lowest BCUT2D eigenvalue weighted by atomic mass is 10.0. The minimum absolute atomic E-state index is 0.253. The molecule has 1 saturated heterocycles. The summed E-state index contributed by atoms with van der Waals surface area (Å²) in [5, 5.41) is 0. The minimum Gasteiger partial charge on any atom is -0.337 e. The molecule has 1 aliphatic rings. The fourth-order valence-corrected chi connectivity index (χ4v) is 3.50. The highest BCUT2D eigenvalue weighted by Crippen LogP contribution is 2.31. The van der Waals surface area contributed by atoms with Crippen molar-refractivity contribution in [3.63, 3.8) is 0 Å². The largest absolute Gasteiger partial charge is 0.337 e. The maximum Gasteiger partial charge on any atom is 0.237 e. The van der Waals surface area contributed by atoms with Crippen molar-refractivity contribution in [2.24, 2.45) is 0 Å². The molecule has 1 aromatic rings. The number of hydrogen-bond donors (Lipinski definition) is 0. The van der Waals surface area contributed by atoms with Crippen LogP contribution in [0.4, 0.5) is 0 Å². The van der Waals surface area contributed by atoms with Gasteiger partial charge in [0.15, 0.2) is 0 Å². The second-order valence-electron chi connectivity index (χ2n) is 6.53. The number of rotatable bonds is 5. The van der Waals surface area contributed by atoms with Crippen LogP contribution in [0.25, 0.3) is 0 Å². The zero-order valence-corrected chi connectivity index (χ0v) is 13.7. The predicted octanol–water partition coefficient (Wildman–Crippen LogP) is 3.47. The van der Waals surface area contributed by atoms with Crippen molar-refractivity contribution in [3.8, 4) is 0 Å². The molecular weight excluding hydrogens is 260 g/mol. The maximum absolute atomic E-state index is 12.6. The van der Waals surface area contributed by atoms with E-state index in [4.69, 9.17) is 0 Å². The van der Waals surface area contributed by atoms with Crippen molar-refractivity contribution in [2.45, 2.75) is 58.7 Å². The van der Waals surface area contributed by atoms with Crippen LogP contribution in [0.3, 0.4) is 0 Å². The summed E-state index contributed by atoms with van der Waals surface area (Å²) in [6.07, 6.45) is 2.33. The molecule has 116 valence electrons. The van der Waals surface area contributed by atoms with Crippen LogP contribution in [0.2, 0.25) is 0 Å². The van der Waals surface area contributed by atoms with E-state index in [-0.39, 0.29) is 18.0 Å². The van der Waals surface area contributed by atoms with E-state index in [1.165, 1.54) is 12.0 Å². The van der Waals surface area contributed by atoms with Crippen molar-refractivity contribution in [3.05, 3.63) is 35.9 Å². The van der Waals surface area contributed by atoms with E-state index < -0.39 is 0 Å². The number of benzene rings is 1. The van der Waals surface area contributed by atoms with E-state index >= 15 is 0 Å². The Bertz CT molecular complexity index is 448. The summed E-state index contributed by atoms with van der Waals surface area (Å²) in [6, 6.07) is 11.5. The molecule has 3 nitrogen and oxygen atoms in total. The Kier molecular flexibility index (Phi) is 5.40. The average Bonchev–Trinajstić information content (AvgIpc) is 2.86. The van der Waals surface area contributed by atoms with Gasteiger partial charge < -0.3 is 4.90 Å². The molecule has 1 unspecified atom stereocenters. The molecule has 2 rings (SSSR count). The van der Waals surface area contributed by atoms with E-state index in [2.05, 4.69) is 56.9 Å². The number of carbonyl (C=O) groups is 1. The van der Waals surface area contributed by atoms with Crippen molar-refractivity contribution in [1.82, 2.24) is 9.80 Å². The summed E-state index contributed by atoms with van der Waals surface area (Å²) in [6.45, 7) is 9.94. The molecule has 0 radical (unpaired) electrons. The third kappa shape index (κ3) is 3.85. The Morgan fingerprint density at radius 1 is 1.19 bits per heavy atom. The lowest BCUT2D eigenvalue weighted by Crippen LogP contribution is -2.47. The summed E-state index contributed by atoms with van der Waals surface area (Å²) < 4.78 is 0. The van der Waals surface area contributed by atoms with Crippen LogP contribution >= 0.6 is 0 Å². The molecule has 1 aliphatic heterocycles. The van der Waals surface area contributed by atoms with Gasteiger partial charge in [-0.15, -0.1) is 0 Å². The van der Waals surface area contributed by atoms with E-state index in [1.807, 2.05) is 11.0 Å². The van der Waals surface area contributed by atoms with E-state index in [0.29, 0.717) is 12.6 Å². The van der Waals surface area contributed by atoms with E-state index in [1.54, 1.807) is 0 Å². The van der Waals surface area contributed by atoms with Gasteiger partial charge in [-0.25, -0.2) is 0 Å². The van der Waals surface area contributed by atoms with Gasteiger partial charge in [0.2, 0.25) is 5.91 Å². The second-order valence-corrected chi connectivity index (χ2v) is 6.53. The standard InChI is InChI=1S/C18H28N2O/c1-14(2)20(15(3)4)18(21)13-19-12-8-11-17(19)16-9-6-5-7-10-16/h5-7,9-10,14-15,17H,8,11-13H2,1-4H3. The molecule has 0 aliphatic carbocycles. The molecule has 1 amide bonds. The second kappa shape index (κ2) is 7.08. The van der Waals surface area contributed by atoms with E-state index in [0.717, 1.165) is 13.0 Å². The Morgan fingerprint density at radius 2 is 1.81 bits per heavy atom. The van der Waals surface area contributed by atoms with Gasteiger partial charge in [-0.2, -0.15) is 0 Å². The number of likely N-dealkylation sites (tertiary alicyclic amines) is 1. The van der Waals surface area contributed by atoms with Gasteiger partial charge in [0.05, 0.1) is 6.54 Å². The fraction of sp³-hybridized carbons (Fsp3) is 0.611. The molecule has 0 saturated carbocycles. The molecule has 0 aromatic heterocycles. The van der Waals surface area contributed by atoms with Crippen LogP contribution in [0, 0.1) is 0 Å². The van der Waals surface area contributed by atoms with Crippen LogP contribution in [-0.2, 0) is 4.79 Å². The monoisotopic (exact) mass is 288 g/mol. The highest BCUT2D eigenvalue weighted by atomic mass is 16.2.